The molecule has 136 valence electrons. The van der Waals surface area contributed by atoms with E-state index in [1.54, 1.807) is 0 Å². The van der Waals surface area contributed by atoms with Crippen LogP contribution in [0.2, 0.25) is 0 Å². The van der Waals surface area contributed by atoms with Crippen molar-refractivity contribution in [2.45, 2.75) is 58.9 Å². The number of likely N-dealkylation sites (tertiary alicyclic amines) is 1. The Labute approximate surface area is 149 Å². The smallest absolute Gasteiger partial charge is 0.240 e. The maximum absolute atomic E-state index is 12.4. The van der Waals surface area contributed by atoms with Gasteiger partial charge in [-0.05, 0) is 58.5 Å². The van der Waals surface area contributed by atoms with Crippen molar-refractivity contribution in [3.63, 3.8) is 0 Å². The molecule has 25 heavy (non-hydrogen) atoms. The molecule has 2 heterocycles. The van der Waals surface area contributed by atoms with E-state index in [0.717, 1.165) is 62.7 Å². The van der Waals surface area contributed by atoms with Crippen LogP contribution >= 0.6 is 0 Å². The van der Waals surface area contributed by atoms with E-state index in [-0.39, 0.29) is 5.91 Å². The summed E-state index contributed by atoms with van der Waals surface area (Å²) < 4.78 is 5.66. The molecule has 0 bridgehead atoms. The fraction of sp³-hybridized carbons (Fsp3) is 0.737. The van der Waals surface area contributed by atoms with Gasteiger partial charge in [0.05, 0.1) is 18.3 Å². The molecule has 1 amide bonds. The van der Waals surface area contributed by atoms with E-state index in [1.165, 1.54) is 0 Å². The molecule has 0 spiro atoms. The van der Waals surface area contributed by atoms with Crippen molar-refractivity contribution in [3.8, 4) is 6.07 Å². The lowest BCUT2D eigenvalue weighted by Gasteiger charge is -2.31. The number of nitriles is 1. The van der Waals surface area contributed by atoms with Gasteiger partial charge in [0.25, 0.3) is 0 Å². The van der Waals surface area contributed by atoms with E-state index >= 15 is 0 Å². The number of carbonyl (C=O) groups is 1. The highest BCUT2D eigenvalue weighted by Gasteiger charge is 2.41. The number of aryl methyl sites for hydroxylation is 2. The van der Waals surface area contributed by atoms with Crippen LogP contribution in [0.25, 0.3) is 0 Å². The van der Waals surface area contributed by atoms with Gasteiger partial charge in [0.2, 0.25) is 11.8 Å². The van der Waals surface area contributed by atoms with Gasteiger partial charge in [-0.25, -0.2) is 4.98 Å². The first-order chi connectivity index (χ1) is 12.0. The van der Waals surface area contributed by atoms with Crippen molar-refractivity contribution >= 4 is 5.91 Å². The minimum atomic E-state index is -0.763. The molecule has 1 N–H and O–H groups in total. The van der Waals surface area contributed by atoms with Crippen molar-refractivity contribution < 1.29 is 9.21 Å². The topological polar surface area (TPSA) is 82.2 Å². The fourth-order valence-electron chi connectivity index (χ4n) is 3.92. The van der Waals surface area contributed by atoms with E-state index in [2.05, 4.69) is 21.3 Å². The number of nitrogens with zero attached hydrogens (tertiary/aromatic N) is 3. The van der Waals surface area contributed by atoms with E-state index in [9.17, 15) is 10.1 Å². The van der Waals surface area contributed by atoms with Gasteiger partial charge < -0.3 is 9.73 Å². The summed E-state index contributed by atoms with van der Waals surface area (Å²) in [6.07, 6.45) is 5.50. The first-order valence-electron chi connectivity index (χ1n) is 9.37. The molecular weight excluding hydrogens is 316 g/mol. The minimum Gasteiger partial charge on any atom is -0.444 e. The molecular formula is C19H28N4O2. The largest absolute Gasteiger partial charge is 0.444 e. The Morgan fingerprint density at radius 1 is 1.36 bits per heavy atom. The second kappa shape index (κ2) is 7.57. The van der Waals surface area contributed by atoms with Gasteiger partial charge in [0, 0.05) is 6.54 Å². The number of nitrogens with one attached hydrogen (secondary N) is 1. The Morgan fingerprint density at radius 2 is 2.04 bits per heavy atom. The van der Waals surface area contributed by atoms with Gasteiger partial charge in [0.15, 0.2) is 0 Å². The summed E-state index contributed by atoms with van der Waals surface area (Å²) >= 11 is 0. The molecule has 6 heteroatoms. The number of rotatable bonds is 5. The second-order valence-electron chi connectivity index (χ2n) is 7.58. The summed E-state index contributed by atoms with van der Waals surface area (Å²) in [5.74, 6) is 2.12. The summed E-state index contributed by atoms with van der Waals surface area (Å²) in [5.41, 5.74) is 0.201. The van der Waals surface area contributed by atoms with E-state index in [0.29, 0.717) is 25.3 Å². The SMILES string of the molecule is Cc1nc(CN2CCC(CNC(=O)C3(C#N)CCCC3)CC2)oc1C. The van der Waals surface area contributed by atoms with Crippen molar-refractivity contribution in [2.75, 3.05) is 19.6 Å². The maximum Gasteiger partial charge on any atom is 0.240 e. The molecule has 1 saturated heterocycles. The zero-order valence-corrected chi connectivity index (χ0v) is 15.3. The maximum atomic E-state index is 12.4. The standard InChI is InChI=1S/C19H28N4O2/c1-14-15(2)25-17(22-14)12-23-9-5-16(6-10-23)11-21-18(24)19(13-20)7-3-4-8-19/h16H,3-12H2,1-2H3,(H,21,24). The van der Waals surface area contributed by atoms with Crippen molar-refractivity contribution in [1.82, 2.24) is 15.2 Å². The van der Waals surface area contributed by atoms with Gasteiger partial charge in [-0.1, -0.05) is 12.8 Å². The van der Waals surface area contributed by atoms with Gasteiger partial charge in [0.1, 0.15) is 11.2 Å². The monoisotopic (exact) mass is 344 g/mol. The lowest BCUT2D eigenvalue weighted by molar-refractivity contribution is -0.128. The van der Waals surface area contributed by atoms with Crippen molar-refractivity contribution in [1.29, 1.82) is 5.26 Å². The average molecular weight is 344 g/mol. The summed E-state index contributed by atoms with van der Waals surface area (Å²) in [4.78, 5) is 19.2. The fourth-order valence-corrected chi connectivity index (χ4v) is 3.92. The number of piperidine rings is 1. The lowest BCUT2D eigenvalue weighted by atomic mass is 9.86. The number of carbonyl (C=O) groups excluding carboxylic acids is 1. The third-order valence-corrected chi connectivity index (χ3v) is 5.80. The number of oxazole rings is 1. The Morgan fingerprint density at radius 3 is 2.60 bits per heavy atom. The summed E-state index contributed by atoms with van der Waals surface area (Å²) in [6, 6.07) is 2.27. The average Bonchev–Trinajstić information content (AvgIpc) is 3.22. The van der Waals surface area contributed by atoms with Crippen LogP contribution in [0.15, 0.2) is 4.42 Å². The molecule has 0 aromatic carbocycles. The second-order valence-corrected chi connectivity index (χ2v) is 7.58. The van der Waals surface area contributed by atoms with E-state index < -0.39 is 5.41 Å². The van der Waals surface area contributed by atoms with Gasteiger partial charge in [-0.2, -0.15) is 5.26 Å². The minimum absolute atomic E-state index is 0.0549. The van der Waals surface area contributed by atoms with Crippen LogP contribution in [-0.4, -0.2) is 35.4 Å². The highest BCUT2D eigenvalue weighted by molar-refractivity contribution is 5.85. The number of hydrogen-bond donors (Lipinski definition) is 1. The zero-order chi connectivity index (χ0) is 17.9. The predicted octanol–water partition coefficient (Wildman–Crippen LogP) is 2.70. The van der Waals surface area contributed by atoms with E-state index in [1.807, 2.05) is 13.8 Å². The molecule has 6 nitrogen and oxygen atoms in total. The third-order valence-electron chi connectivity index (χ3n) is 5.80. The van der Waals surface area contributed by atoms with Crippen LogP contribution in [0, 0.1) is 36.5 Å². The summed E-state index contributed by atoms with van der Waals surface area (Å²) in [7, 11) is 0. The molecule has 1 aliphatic carbocycles. The molecule has 1 aromatic heterocycles. The Kier molecular flexibility index (Phi) is 5.43. The Hall–Kier alpha value is -1.87. The van der Waals surface area contributed by atoms with Crippen LogP contribution in [0.1, 0.15) is 55.9 Å². The number of hydrogen-bond acceptors (Lipinski definition) is 5. The highest BCUT2D eigenvalue weighted by atomic mass is 16.4. The van der Waals surface area contributed by atoms with Crippen molar-refractivity contribution in [2.24, 2.45) is 11.3 Å². The van der Waals surface area contributed by atoms with Crippen molar-refractivity contribution in [3.05, 3.63) is 17.3 Å². The molecule has 3 rings (SSSR count). The molecule has 0 atom stereocenters. The molecule has 0 unspecified atom stereocenters. The molecule has 2 aliphatic rings. The molecule has 1 aromatic rings. The lowest BCUT2D eigenvalue weighted by Crippen LogP contribution is -2.43. The van der Waals surface area contributed by atoms with Crippen LogP contribution in [0.4, 0.5) is 0 Å². The Balaban J connectivity index is 1.42. The van der Waals surface area contributed by atoms with Crippen LogP contribution in [0.5, 0.6) is 0 Å². The molecule has 1 aliphatic heterocycles. The predicted molar refractivity (Wildman–Crippen MR) is 93.5 cm³/mol. The van der Waals surface area contributed by atoms with Crippen LogP contribution in [0.3, 0.4) is 0 Å². The van der Waals surface area contributed by atoms with Gasteiger partial charge >= 0.3 is 0 Å². The normalized spacial score (nSPS) is 21.2. The number of aromatic nitrogens is 1. The first-order valence-corrected chi connectivity index (χ1v) is 9.37. The molecule has 2 fully saturated rings. The van der Waals surface area contributed by atoms with Crippen LogP contribution in [-0.2, 0) is 11.3 Å². The number of amides is 1. The molecule has 1 saturated carbocycles. The first kappa shape index (κ1) is 17.9. The van der Waals surface area contributed by atoms with E-state index in [4.69, 9.17) is 4.42 Å². The zero-order valence-electron chi connectivity index (χ0n) is 15.3. The van der Waals surface area contributed by atoms with Crippen LogP contribution < -0.4 is 5.32 Å². The summed E-state index contributed by atoms with van der Waals surface area (Å²) in [5, 5.41) is 12.4. The van der Waals surface area contributed by atoms with Gasteiger partial charge in [-0.15, -0.1) is 0 Å². The summed E-state index contributed by atoms with van der Waals surface area (Å²) in [6.45, 7) is 7.34. The quantitative estimate of drug-likeness (QED) is 0.888. The third kappa shape index (κ3) is 4.04. The van der Waals surface area contributed by atoms with Gasteiger partial charge in [-0.3, -0.25) is 9.69 Å². The highest BCUT2D eigenvalue weighted by Crippen LogP contribution is 2.37. The Bertz CT molecular complexity index is 627. The molecule has 0 radical (unpaired) electrons.